The van der Waals surface area contributed by atoms with E-state index in [0.29, 0.717) is 13.1 Å². The van der Waals surface area contributed by atoms with E-state index >= 15 is 0 Å². The second-order valence-electron chi connectivity index (χ2n) is 8.65. The molecule has 4 N–H and O–H groups in total. The van der Waals surface area contributed by atoms with Gasteiger partial charge in [0.1, 0.15) is 11.9 Å². The molecule has 1 saturated heterocycles. The number of amides is 1. The summed E-state index contributed by atoms with van der Waals surface area (Å²) in [6.07, 6.45) is 2.95. The van der Waals surface area contributed by atoms with Crippen molar-refractivity contribution in [1.82, 2.24) is 15.5 Å². The summed E-state index contributed by atoms with van der Waals surface area (Å²) in [5.74, 6) is 1.53. The zero-order chi connectivity index (χ0) is 22.3. The number of piperidine rings is 1. The van der Waals surface area contributed by atoms with Crippen molar-refractivity contribution in [2.45, 2.75) is 38.5 Å². The van der Waals surface area contributed by atoms with Gasteiger partial charge in [-0.1, -0.05) is 42.5 Å². The standard InChI is InChI=1S/C25H33N5O2/c1-27-25(29-15-22-13-20-8-2-3-10-23(20)32-22)28-14-18-6-4-7-19(12-18)16-30-11-5-9-21(17-30)24(26)31/h2-4,6-8,10,12,21-22H,5,9,11,13-17H2,1H3,(H2,26,31)(H2,27,28,29). The van der Waals surface area contributed by atoms with Gasteiger partial charge in [-0.2, -0.15) is 0 Å². The molecule has 2 aliphatic rings. The highest BCUT2D eigenvalue weighted by molar-refractivity contribution is 5.79. The average molecular weight is 436 g/mol. The second-order valence-corrected chi connectivity index (χ2v) is 8.65. The molecule has 7 heteroatoms. The lowest BCUT2D eigenvalue weighted by atomic mass is 9.97. The highest BCUT2D eigenvalue weighted by Gasteiger charge is 2.24. The van der Waals surface area contributed by atoms with Crippen LogP contribution < -0.4 is 21.1 Å². The van der Waals surface area contributed by atoms with Crippen molar-refractivity contribution in [3.8, 4) is 5.75 Å². The molecule has 0 bridgehead atoms. The quantitative estimate of drug-likeness (QED) is 0.457. The third kappa shape index (κ3) is 5.79. The minimum atomic E-state index is -0.182. The number of guanidine groups is 1. The number of hydrogen-bond acceptors (Lipinski definition) is 4. The molecular formula is C25H33N5O2. The summed E-state index contributed by atoms with van der Waals surface area (Å²) in [6, 6.07) is 16.7. The highest BCUT2D eigenvalue weighted by atomic mass is 16.5. The number of ether oxygens (including phenoxy) is 1. The number of carbonyl (C=O) groups excluding carboxylic acids is 1. The van der Waals surface area contributed by atoms with Crippen LogP contribution in [0.15, 0.2) is 53.5 Å². The fourth-order valence-corrected chi connectivity index (χ4v) is 4.51. The van der Waals surface area contributed by atoms with Gasteiger partial charge in [0.15, 0.2) is 5.96 Å². The van der Waals surface area contributed by atoms with Crippen LogP contribution in [-0.2, 0) is 24.3 Å². The van der Waals surface area contributed by atoms with Gasteiger partial charge in [-0.3, -0.25) is 14.7 Å². The fourth-order valence-electron chi connectivity index (χ4n) is 4.51. The minimum absolute atomic E-state index is 0.0281. The van der Waals surface area contributed by atoms with Crippen LogP contribution in [-0.4, -0.2) is 49.6 Å². The number of rotatable bonds is 7. The number of benzene rings is 2. The van der Waals surface area contributed by atoms with E-state index in [1.807, 2.05) is 18.2 Å². The molecule has 2 aromatic rings. The second kappa shape index (κ2) is 10.5. The van der Waals surface area contributed by atoms with Gasteiger partial charge in [0.25, 0.3) is 0 Å². The van der Waals surface area contributed by atoms with E-state index in [-0.39, 0.29) is 17.9 Å². The molecule has 0 spiro atoms. The van der Waals surface area contributed by atoms with Crippen molar-refractivity contribution >= 4 is 11.9 Å². The third-order valence-corrected chi connectivity index (χ3v) is 6.20. The summed E-state index contributed by atoms with van der Waals surface area (Å²) in [5, 5.41) is 6.77. The van der Waals surface area contributed by atoms with Gasteiger partial charge in [-0.25, -0.2) is 0 Å². The normalized spacial score (nSPS) is 21.0. The van der Waals surface area contributed by atoms with E-state index < -0.39 is 0 Å². The lowest BCUT2D eigenvalue weighted by Gasteiger charge is -2.31. The van der Waals surface area contributed by atoms with Crippen molar-refractivity contribution in [2.75, 3.05) is 26.7 Å². The Morgan fingerprint density at radius 3 is 2.84 bits per heavy atom. The first-order chi connectivity index (χ1) is 15.6. The molecule has 2 unspecified atom stereocenters. The van der Waals surface area contributed by atoms with E-state index in [9.17, 15) is 4.79 Å². The minimum Gasteiger partial charge on any atom is -0.488 e. The van der Waals surface area contributed by atoms with Crippen molar-refractivity contribution < 1.29 is 9.53 Å². The number of nitrogens with two attached hydrogens (primary N) is 1. The molecule has 7 nitrogen and oxygen atoms in total. The van der Waals surface area contributed by atoms with Crippen molar-refractivity contribution in [3.63, 3.8) is 0 Å². The maximum atomic E-state index is 11.5. The zero-order valence-corrected chi connectivity index (χ0v) is 18.7. The predicted molar refractivity (Wildman–Crippen MR) is 126 cm³/mol. The van der Waals surface area contributed by atoms with Crippen LogP contribution in [0.1, 0.15) is 29.5 Å². The highest BCUT2D eigenvalue weighted by Crippen LogP contribution is 2.27. The van der Waals surface area contributed by atoms with E-state index in [0.717, 1.165) is 50.6 Å². The third-order valence-electron chi connectivity index (χ3n) is 6.20. The van der Waals surface area contributed by atoms with E-state index in [4.69, 9.17) is 10.5 Å². The molecule has 1 fully saturated rings. The molecule has 0 radical (unpaired) electrons. The number of carbonyl (C=O) groups is 1. The molecule has 4 rings (SSSR count). The predicted octanol–water partition coefficient (Wildman–Crippen LogP) is 2.05. The van der Waals surface area contributed by atoms with Gasteiger partial charge in [-0.15, -0.1) is 0 Å². The average Bonchev–Trinajstić information content (AvgIpc) is 3.23. The topological polar surface area (TPSA) is 92.0 Å². The Hall–Kier alpha value is -3.06. The van der Waals surface area contributed by atoms with Gasteiger partial charge in [0.05, 0.1) is 12.5 Å². The van der Waals surface area contributed by atoms with Gasteiger partial charge >= 0.3 is 0 Å². The summed E-state index contributed by atoms with van der Waals surface area (Å²) in [6.45, 7) is 3.98. The van der Waals surface area contributed by atoms with Crippen LogP contribution in [0.5, 0.6) is 5.75 Å². The number of nitrogens with one attached hydrogen (secondary N) is 2. The summed E-state index contributed by atoms with van der Waals surface area (Å²) in [5.41, 5.74) is 9.21. The SMILES string of the molecule is CN=C(NCc1cccc(CN2CCCC(C(N)=O)C2)c1)NCC1Cc2ccccc2O1. The maximum Gasteiger partial charge on any atom is 0.221 e. The van der Waals surface area contributed by atoms with Crippen LogP contribution in [0.25, 0.3) is 0 Å². The molecule has 32 heavy (non-hydrogen) atoms. The Balaban J connectivity index is 1.24. The van der Waals surface area contributed by atoms with Gasteiger partial charge in [0.2, 0.25) is 5.91 Å². The molecule has 1 amide bonds. The monoisotopic (exact) mass is 435 g/mol. The largest absolute Gasteiger partial charge is 0.488 e. The van der Waals surface area contributed by atoms with Crippen molar-refractivity contribution in [2.24, 2.45) is 16.6 Å². The van der Waals surface area contributed by atoms with Gasteiger partial charge < -0.3 is 21.1 Å². The van der Waals surface area contributed by atoms with Crippen LogP contribution in [0.2, 0.25) is 0 Å². The fraction of sp³-hybridized carbons (Fsp3) is 0.440. The first kappa shape index (κ1) is 22.1. The lowest BCUT2D eigenvalue weighted by molar-refractivity contribution is -0.123. The number of hydrogen-bond donors (Lipinski definition) is 3. The summed E-state index contributed by atoms with van der Waals surface area (Å²) in [4.78, 5) is 18.2. The molecule has 170 valence electrons. The number of para-hydroxylation sites is 1. The Kier molecular flexibility index (Phi) is 7.27. The van der Waals surface area contributed by atoms with Crippen LogP contribution in [0.4, 0.5) is 0 Å². The summed E-state index contributed by atoms with van der Waals surface area (Å²) >= 11 is 0. The number of nitrogens with zero attached hydrogens (tertiary/aromatic N) is 2. The molecule has 0 aromatic heterocycles. The smallest absolute Gasteiger partial charge is 0.221 e. The zero-order valence-electron chi connectivity index (χ0n) is 18.7. The van der Waals surface area contributed by atoms with Gasteiger partial charge in [-0.05, 0) is 42.1 Å². The lowest BCUT2D eigenvalue weighted by Crippen LogP contribution is -2.42. The Morgan fingerprint density at radius 2 is 2.03 bits per heavy atom. The van der Waals surface area contributed by atoms with Crippen LogP contribution in [0.3, 0.4) is 0 Å². The maximum absolute atomic E-state index is 11.5. The van der Waals surface area contributed by atoms with Gasteiger partial charge in [0, 0.05) is 33.1 Å². The van der Waals surface area contributed by atoms with Crippen LogP contribution in [0, 0.1) is 5.92 Å². The molecule has 2 atom stereocenters. The summed E-state index contributed by atoms with van der Waals surface area (Å²) in [7, 11) is 1.78. The van der Waals surface area contributed by atoms with Crippen molar-refractivity contribution in [1.29, 1.82) is 0 Å². The first-order valence-corrected chi connectivity index (χ1v) is 11.4. The molecule has 2 heterocycles. The number of primary amides is 1. The molecular weight excluding hydrogens is 402 g/mol. The number of fused-ring (bicyclic) bond motifs is 1. The Labute approximate surface area is 190 Å². The van der Waals surface area contributed by atoms with E-state index in [2.05, 4.69) is 50.9 Å². The van der Waals surface area contributed by atoms with Crippen molar-refractivity contribution in [3.05, 3.63) is 65.2 Å². The van der Waals surface area contributed by atoms with E-state index in [1.54, 1.807) is 7.05 Å². The summed E-state index contributed by atoms with van der Waals surface area (Å²) < 4.78 is 6.00. The first-order valence-electron chi connectivity index (χ1n) is 11.4. The Bertz CT molecular complexity index is 936. The van der Waals surface area contributed by atoms with Crippen LogP contribution >= 0.6 is 0 Å². The molecule has 2 aliphatic heterocycles. The molecule has 0 aliphatic carbocycles. The number of likely N-dealkylation sites (tertiary alicyclic amines) is 1. The Morgan fingerprint density at radius 1 is 1.19 bits per heavy atom. The molecule has 2 aromatic carbocycles. The molecule has 0 saturated carbocycles. The van der Waals surface area contributed by atoms with E-state index in [1.165, 1.54) is 16.7 Å². The number of aliphatic imine (C=N–C) groups is 1.